The van der Waals surface area contributed by atoms with Crippen molar-refractivity contribution in [3.63, 3.8) is 0 Å². The molecule has 0 aromatic carbocycles. The van der Waals surface area contributed by atoms with Gasteiger partial charge in [-0.2, -0.15) is 18.3 Å². The average molecular weight is 311 g/mol. The summed E-state index contributed by atoms with van der Waals surface area (Å²) in [6, 6.07) is 2.08. The van der Waals surface area contributed by atoms with Gasteiger partial charge in [-0.05, 0) is 19.1 Å². The number of alkyl halides is 3. The highest BCUT2D eigenvalue weighted by molar-refractivity contribution is 5.90. The Labute approximate surface area is 124 Å². The lowest BCUT2D eigenvalue weighted by atomic mass is 10.2. The normalized spacial score (nSPS) is 11.3. The maximum atomic E-state index is 12.5. The number of carbonyl (C=O) groups is 1. The highest BCUT2D eigenvalue weighted by Gasteiger charge is 2.30. The van der Waals surface area contributed by atoms with E-state index in [2.05, 4.69) is 16.7 Å². The Morgan fingerprint density at radius 2 is 2.14 bits per heavy atom. The zero-order chi connectivity index (χ0) is 16.3. The second-order valence-electron chi connectivity index (χ2n) is 4.35. The number of ether oxygens (including phenoxy) is 1. The molecule has 5 nitrogen and oxygen atoms in total. The van der Waals surface area contributed by atoms with Crippen molar-refractivity contribution in [2.75, 3.05) is 6.61 Å². The van der Waals surface area contributed by atoms with E-state index < -0.39 is 17.7 Å². The van der Waals surface area contributed by atoms with Crippen LogP contribution in [0.5, 0.6) is 0 Å². The van der Waals surface area contributed by atoms with E-state index in [4.69, 9.17) is 4.74 Å². The Bertz CT molecular complexity index is 690. The van der Waals surface area contributed by atoms with Crippen molar-refractivity contribution in [2.45, 2.75) is 13.1 Å². The second-order valence-corrected chi connectivity index (χ2v) is 4.35. The molecule has 8 heteroatoms. The third-order valence-corrected chi connectivity index (χ3v) is 2.85. The van der Waals surface area contributed by atoms with Gasteiger partial charge >= 0.3 is 12.1 Å². The summed E-state index contributed by atoms with van der Waals surface area (Å²) in [5, 5.41) is 3.95. The number of aromatic nitrogens is 3. The fraction of sp³-hybridized carbons (Fsp3) is 0.214. The molecule has 116 valence electrons. The molecule has 2 rings (SSSR count). The first-order chi connectivity index (χ1) is 10.3. The molecule has 0 radical (unpaired) electrons. The van der Waals surface area contributed by atoms with Crippen molar-refractivity contribution in [1.29, 1.82) is 0 Å². The van der Waals surface area contributed by atoms with Gasteiger partial charge in [0.25, 0.3) is 0 Å². The molecular weight excluding hydrogens is 299 g/mol. The zero-order valence-corrected chi connectivity index (χ0v) is 11.6. The summed E-state index contributed by atoms with van der Waals surface area (Å²) in [6.07, 6.45) is -1.04. The standard InChI is InChI=1S/C14H12F3N3O2/c1-3-6-22-13(21)11-8-19-20(9(11)2)12-5-4-10(7-18-12)14(15,16)17/h3-5,7-8H,1,6H2,2H3. The Balaban J connectivity index is 2.29. The maximum absolute atomic E-state index is 12.5. The Morgan fingerprint density at radius 1 is 1.41 bits per heavy atom. The first-order valence-electron chi connectivity index (χ1n) is 6.21. The number of esters is 1. The summed E-state index contributed by atoms with van der Waals surface area (Å²) < 4.78 is 43.7. The van der Waals surface area contributed by atoms with E-state index in [-0.39, 0.29) is 18.0 Å². The third kappa shape index (κ3) is 3.16. The number of rotatable bonds is 4. The molecule has 0 saturated heterocycles. The summed E-state index contributed by atoms with van der Waals surface area (Å²) in [5.41, 5.74) is -0.225. The lowest BCUT2D eigenvalue weighted by Gasteiger charge is -2.08. The van der Waals surface area contributed by atoms with Crippen LogP contribution in [0.3, 0.4) is 0 Å². The average Bonchev–Trinajstić information content (AvgIpc) is 2.86. The Morgan fingerprint density at radius 3 is 2.68 bits per heavy atom. The van der Waals surface area contributed by atoms with Crippen LogP contribution in [0.25, 0.3) is 5.82 Å². The largest absolute Gasteiger partial charge is 0.458 e. The molecule has 0 bridgehead atoms. The van der Waals surface area contributed by atoms with E-state index in [0.717, 1.165) is 6.07 Å². The number of nitrogens with zero attached hydrogens (tertiary/aromatic N) is 3. The molecule has 2 heterocycles. The highest BCUT2D eigenvalue weighted by atomic mass is 19.4. The summed E-state index contributed by atoms with van der Waals surface area (Å²) in [5.74, 6) is -0.413. The van der Waals surface area contributed by atoms with Gasteiger partial charge < -0.3 is 4.74 Å². The van der Waals surface area contributed by atoms with E-state index in [1.165, 1.54) is 23.0 Å². The van der Waals surface area contributed by atoms with Gasteiger partial charge in [0, 0.05) is 6.20 Å². The van der Waals surface area contributed by atoms with Gasteiger partial charge in [0.2, 0.25) is 0 Å². The molecule has 0 aliphatic carbocycles. The van der Waals surface area contributed by atoms with Crippen LogP contribution in [0, 0.1) is 6.92 Å². The smallest absolute Gasteiger partial charge is 0.417 e. The molecule has 0 fully saturated rings. The molecule has 0 aliphatic rings. The molecule has 2 aromatic rings. The molecule has 22 heavy (non-hydrogen) atoms. The lowest BCUT2D eigenvalue weighted by Crippen LogP contribution is -2.09. The van der Waals surface area contributed by atoms with Crippen molar-refractivity contribution in [1.82, 2.24) is 14.8 Å². The van der Waals surface area contributed by atoms with E-state index >= 15 is 0 Å². The summed E-state index contributed by atoms with van der Waals surface area (Å²) in [4.78, 5) is 15.5. The van der Waals surface area contributed by atoms with Gasteiger partial charge in [-0.15, -0.1) is 0 Å². The number of hydrogen-bond acceptors (Lipinski definition) is 4. The molecule has 2 aromatic heterocycles. The predicted molar refractivity (Wildman–Crippen MR) is 71.6 cm³/mol. The topological polar surface area (TPSA) is 57.0 Å². The fourth-order valence-corrected chi connectivity index (χ4v) is 1.73. The molecule has 0 unspecified atom stereocenters. The monoisotopic (exact) mass is 311 g/mol. The number of pyridine rings is 1. The van der Waals surface area contributed by atoms with Gasteiger partial charge in [-0.25, -0.2) is 14.5 Å². The first-order valence-corrected chi connectivity index (χ1v) is 6.21. The quantitative estimate of drug-likeness (QED) is 0.643. The summed E-state index contributed by atoms with van der Waals surface area (Å²) in [7, 11) is 0. The molecule has 0 saturated carbocycles. The van der Waals surface area contributed by atoms with Gasteiger partial charge in [0.05, 0.1) is 17.5 Å². The highest BCUT2D eigenvalue weighted by Crippen LogP contribution is 2.28. The zero-order valence-electron chi connectivity index (χ0n) is 11.6. The number of halogens is 3. The molecule has 0 N–H and O–H groups in total. The van der Waals surface area contributed by atoms with E-state index in [9.17, 15) is 18.0 Å². The van der Waals surface area contributed by atoms with Crippen molar-refractivity contribution in [3.8, 4) is 5.82 Å². The summed E-state index contributed by atoms with van der Waals surface area (Å²) in [6.45, 7) is 5.08. The molecule has 0 atom stereocenters. The van der Waals surface area contributed by atoms with Crippen molar-refractivity contribution in [3.05, 3.63) is 54.0 Å². The minimum absolute atomic E-state index is 0.0575. The SMILES string of the molecule is C=CCOC(=O)c1cnn(-c2ccc(C(F)(F)F)cn2)c1C. The van der Waals surface area contributed by atoms with Crippen LogP contribution in [0.2, 0.25) is 0 Å². The Hall–Kier alpha value is -2.64. The Kier molecular flexibility index (Phi) is 4.30. The van der Waals surface area contributed by atoms with Crippen molar-refractivity contribution >= 4 is 5.97 Å². The summed E-state index contributed by atoms with van der Waals surface area (Å²) >= 11 is 0. The minimum Gasteiger partial charge on any atom is -0.458 e. The minimum atomic E-state index is -4.45. The van der Waals surface area contributed by atoms with Crippen molar-refractivity contribution < 1.29 is 22.7 Å². The lowest BCUT2D eigenvalue weighted by molar-refractivity contribution is -0.137. The molecule has 0 spiro atoms. The van der Waals surface area contributed by atoms with Crippen LogP contribution in [0.4, 0.5) is 13.2 Å². The van der Waals surface area contributed by atoms with Crippen LogP contribution in [0.15, 0.2) is 37.2 Å². The first kappa shape index (κ1) is 15.7. The number of carbonyl (C=O) groups excluding carboxylic acids is 1. The van der Waals surface area contributed by atoms with E-state index in [1.807, 2.05) is 0 Å². The van der Waals surface area contributed by atoms with E-state index in [1.54, 1.807) is 6.92 Å². The second kappa shape index (κ2) is 6.00. The van der Waals surface area contributed by atoms with Crippen LogP contribution in [-0.2, 0) is 10.9 Å². The van der Waals surface area contributed by atoms with Crippen LogP contribution < -0.4 is 0 Å². The fourth-order valence-electron chi connectivity index (χ4n) is 1.73. The van der Waals surface area contributed by atoms with Gasteiger partial charge in [0.15, 0.2) is 5.82 Å². The number of hydrogen-bond donors (Lipinski definition) is 0. The van der Waals surface area contributed by atoms with Gasteiger partial charge in [-0.3, -0.25) is 0 Å². The van der Waals surface area contributed by atoms with Crippen LogP contribution >= 0.6 is 0 Å². The third-order valence-electron chi connectivity index (χ3n) is 2.85. The van der Waals surface area contributed by atoms with E-state index in [0.29, 0.717) is 11.9 Å². The molecular formula is C14H12F3N3O2. The van der Waals surface area contributed by atoms with Gasteiger partial charge in [0.1, 0.15) is 12.2 Å². The molecule has 0 amide bonds. The van der Waals surface area contributed by atoms with Crippen LogP contribution in [0.1, 0.15) is 21.6 Å². The molecule has 0 aliphatic heterocycles. The van der Waals surface area contributed by atoms with Crippen LogP contribution in [-0.4, -0.2) is 27.3 Å². The van der Waals surface area contributed by atoms with Gasteiger partial charge in [-0.1, -0.05) is 12.7 Å². The maximum Gasteiger partial charge on any atom is 0.417 e. The predicted octanol–water partition coefficient (Wildman–Crippen LogP) is 2.94. The van der Waals surface area contributed by atoms with Crippen molar-refractivity contribution in [2.24, 2.45) is 0 Å².